The van der Waals surface area contributed by atoms with Crippen molar-refractivity contribution in [1.82, 2.24) is 0 Å². The predicted molar refractivity (Wildman–Crippen MR) is 138 cm³/mol. The van der Waals surface area contributed by atoms with Crippen molar-refractivity contribution >= 4 is 55.2 Å². The van der Waals surface area contributed by atoms with Crippen molar-refractivity contribution in [3.63, 3.8) is 0 Å². The summed E-state index contributed by atoms with van der Waals surface area (Å²) in [4.78, 5) is 23.1. The molecule has 7 nitrogen and oxygen atoms in total. The Morgan fingerprint density at radius 1 is 1.14 bits per heavy atom. The van der Waals surface area contributed by atoms with Crippen LogP contribution in [-0.2, 0) is 11.0 Å². The zero-order chi connectivity index (χ0) is 27.5. The van der Waals surface area contributed by atoms with Crippen LogP contribution in [-0.4, -0.2) is 10.8 Å². The van der Waals surface area contributed by atoms with Crippen molar-refractivity contribution in [3.05, 3.63) is 95.4 Å². The molecule has 0 fully saturated rings. The van der Waals surface area contributed by atoms with E-state index in [0.717, 1.165) is 17.2 Å². The Labute approximate surface area is 226 Å². The summed E-state index contributed by atoms with van der Waals surface area (Å²) in [5.74, 6) is -0.990. The summed E-state index contributed by atoms with van der Waals surface area (Å²) in [6.07, 6.45) is -3.43. The van der Waals surface area contributed by atoms with Crippen LogP contribution in [0.15, 0.2) is 63.0 Å². The maximum Gasteiger partial charge on any atom is 0.416 e. The summed E-state index contributed by atoms with van der Waals surface area (Å²) in [7, 11) is 0. The number of nitriles is 1. The number of halogens is 5. The number of amides is 1. The number of alkyl halides is 3. The number of hydrogen-bond donors (Lipinski definition) is 1. The number of carbonyl (C=O) groups is 1. The van der Waals surface area contributed by atoms with E-state index in [1.54, 1.807) is 12.1 Å². The molecule has 190 valence electrons. The third-order valence-electron chi connectivity index (χ3n) is 5.24. The molecule has 3 rings (SSSR count). The molecule has 0 saturated heterocycles. The van der Waals surface area contributed by atoms with E-state index in [-0.39, 0.29) is 20.3 Å². The van der Waals surface area contributed by atoms with E-state index >= 15 is 0 Å². The predicted octanol–water partition coefficient (Wildman–Crippen LogP) is 8.09. The van der Waals surface area contributed by atoms with Crippen LogP contribution in [0.5, 0.6) is 11.5 Å². The first-order chi connectivity index (χ1) is 17.3. The van der Waals surface area contributed by atoms with Crippen LogP contribution in [0.4, 0.5) is 24.5 Å². The molecule has 3 aromatic carbocycles. The third-order valence-corrected chi connectivity index (χ3v) is 6.42. The van der Waals surface area contributed by atoms with Gasteiger partial charge in [-0.3, -0.25) is 14.9 Å². The minimum atomic E-state index is -4.76. The quantitative estimate of drug-likeness (QED) is 0.127. The summed E-state index contributed by atoms with van der Waals surface area (Å²) in [6.45, 7) is 3.73. The first-order valence-corrected chi connectivity index (χ1v) is 11.9. The zero-order valence-electron chi connectivity index (χ0n) is 19.1. The topological polar surface area (TPSA) is 105 Å². The molecular weight excluding hydrogens is 623 g/mol. The number of nitro benzene ring substituents is 1. The summed E-state index contributed by atoms with van der Waals surface area (Å²) >= 11 is 6.53. The van der Waals surface area contributed by atoms with Crippen molar-refractivity contribution in [3.8, 4) is 17.6 Å². The number of ether oxygens (including phenoxy) is 1. The highest BCUT2D eigenvalue weighted by Crippen LogP contribution is 2.42. The number of rotatable bonds is 6. The van der Waals surface area contributed by atoms with E-state index < -0.39 is 34.0 Å². The molecule has 0 saturated carbocycles. The van der Waals surface area contributed by atoms with E-state index in [9.17, 15) is 33.3 Å². The van der Waals surface area contributed by atoms with Gasteiger partial charge in [0.1, 0.15) is 11.6 Å². The van der Waals surface area contributed by atoms with E-state index in [4.69, 9.17) is 4.74 Å². The summed E-state index contributed by atoms with van der Waals surface area (Å²) in [5.41, 5.74) is 0.554. The van der Waals surface area contributed by atoms with Gasteiger partial charge in [-0.15, -0.1) is 0 Å². The summed E-state index contributed by atoms with van der Waals surface area (Å²) in [5, 5.41) is 23.6. The van der Waals surface area contributed by atoms with E-state index in [1.165, 1.54) is 18.2 Å². The Balaban J connectivity index is 1.92. The fourth-order valence-electron chi connectivity index (χ4n) is 3.18. The largest absolute Gasteiger partial charge is 0.448 e. The van der Waals surface area contributed by atoms with Crippen LogP contribution in [0.3, 0.4) is 0 Å². The maximum absolute atomic E-state index is 13.0. The number of aryl methyl sites for hydroxylation is 1. The number of anilines is 1. The van der Waals surface area contributed by atoms with Gasteiger partial charge in [0.2, 0.25) is 5.75 Å². The molecule has 0 aliphatic heterocycles. The molecule has 0 bridgehead atoms. The third kappa shape index (κ3) is 6.55. The van der Waals surface area contributed by atoms with Crippen molar-refractivity contribution < 1.29 is 27.6 Å². The number of benzene rings is 3. The van der Waals surface area contributed by atoms with Crippen molar-refractivity contribution in [1.29, 1.82) is 5.26 Å². The second kappa shape index (κ2) is 11.1. The van der Waals surface area contributed by atoms with Crippen molar-refractivity contribution in [2.75, 3.05) is 5.32 Å². The average Bonchev–Trinajstić information content (AvgIpc) is 2.82. The normalized spacial score (nSPS) is 11.6. The first kappa shape index (κ1) is 27.9. The summed E-state index contributed by atoms with van der Waals surface area (Å²) < 4.78 is 45.0. The molecule has 0 radical (unpaired) electrons. The number of nitrogens with one attached hydrogen (secondary N) is 1. The van der Waals surface area contributed by atoms with Gasteiger partial charge in [0.05, 0.1) is 19.4 Å². The van der Waals surface area contributed by atoms with Gasteiger partial charge in [0.25, 0.3) is 5.91 Å². The van der Waals surface area contributed by atoms with Gasteiger partial charge in [-0.1, -0.05) is 12.1 Å². The number of carbonyl (C=O) groups excluding carboxylic acids is 1. The molecule has 0 heterocycles. The monoisotopic (exact) mass is 637 g/mol. The van der Waals surface area contributed by atoms with Gasteiger partial charge in [-0.05, 0) is 98.8 Å². The van der Waals surface area contributed by atoms with Crippen molar-refractivity contribution in [2.24, 2.45) is 0 Å². The van der Waals surface area contributed by atoms with Crippen molar-refractivity contribution in [2.45, 2.75) is 20.0 Å². The summed E-state index contributed by atoms with van der Waals surface area (Å²) in [6, 6.07) is 12.1. The van der Waals surface area contributed by atoms with Crippen LogP contribution in [0.25, 0.3) is 6.08 Å². The molecular formula is C25H16Br2F3N3O4. The van der Waals surface area contributed by atoms with Crippen LogP contribution in [0.1, 0.15) is 22.3 Å². The Morgan fingerprint density at radius 2 is 1.78 bits per heavy atom. The first-order valence-electron chi connectivity index (χ1n) is 10.3. The Bertz CT molecular complexity index is 1460. The molecule has 0 spiro atoms. The smallest absolute Gasteiger partial charge is 0.416 e. The average molecular weight is 639 g/mol. The van der Waals surface area contributed by atoms with Gasteiger partial charge < -0.3 is 10.1 Å². The molecule has 3 aromatic rings. The number of hydrogen-bond acceptors (Lipinski definition) is 5. The lowest BCUT2D eigenvalue weighted by Crippen LogP contribution is -2.14. The van der Waals surface area contributed by atoms with Crippen LogP contribution < -0.4 is 10.1 Å². The molecule has 37 heavy (non-hydrogen) atoms. The second-order valence-corrected chi connectivity index (χ2v) is 9.43. The Hall–Kier alpha value is -3.69. The van der Waals surface area contributed by atoms with Gasteiger partial charge in [-0.2, -0.15) is 18.4 Å². The zero-order valence-corrected chi connectivity index (χ0v) is 22.3. The lowest BCUT2D eigenvalue weighted by Gasteiger charge is -2.13. The highest BCUT2D eigenvalue weighted by Gasteiger charge is 2.33. The molecule has 0 aromatic heterocycles. The molecule has 12 heteroatoms. The molecule has 0 atom stereocenters. The second-order valence-electron chi connectivity index (χ2n) is 7.72. The minimum absolute atomic E-state index is 0.0401. The maximum atomic E-state index is 13.0. The minimum Gasteiger partial charge on any atom is -0.448 e. The van der Waals surface area contributed by atoms with E-state index in [2.05, 4.69) is 37.2 Å². The fourth-order valence-corrected chi connectivity index (χ4v) is 4.57. The van der Waals surface area contributed by atoms with Gasteiger partial charge in [0.15, 0.2) is 5.75 Å². The molecule has 1 amide bonds. The van der Waals surface area contributed by atoms with Gasteiger partial charge in [0, 0.05) is 11.8 Å². The van der Waals surface area contributed by atoms with Crippen LogP contribution >= 0.6 is 31.9 Å². The number of nitrogens with zero attached hydrogens (tertiary/aromatic N) is 2. The van der Waals surface area contributed by atoms with Gasteiger partial charge in [-0.25, -0.2) is 0 Å². The molecule has 0 aliphatic rings. The van der Waals surface area contributed by atoms with Gasteiger partial charge >= 0.3 is 11.9 Å². The van der Waals surface area contributed by atoms with E-state index in [0.29, 0.717) is 23.4 Å². The molecule has 0 aliphatic carbocycles. The highest BCUT2D eigenvalue weighted by atomic mass is 79.9. The van der Waals surface area contributed by atoms with Crippen LogP contribution in [0.2, 0.25) is 0 Å². The van der Waals surface area contributed by atoms with Crippen LogP contribution in [0, 0.1) is 35.3 Å². The SMILES string of the molecule is Cc1cccc(NC(=O)/C(C#N)=C/c2cc(Br)c(Oc3ccc(C(F)(F)F)cc3[N+](=O)[O-])c(Br)c2)c1C. The lowest BCUT2D eigenvalue weighted by atomic mass is 10.1. The number of nitro groups is 1. The Morgan fingerprint density at radius 3 is 2.35 bits per heavy atom. The highest BCUT2D eigenvalue weighted by molar-refractivity contribution is 9.11. The van der Waals surface area contributed by atoms with E-state index in [1.807, 2.05) is 26.0 Å². The fraction of sp³-hybridized carbons (Fsp3) is 0.120. The molecule has 0 unspecified atom stereocenters. The standard InChI is InChI=1S/C25H16Br2F3N3O4/c1-13-4-3-5-20(14(13)2)32-24(34)16(12-31)8-15-9-18(26)23(19(27)10-15)37-22-7-6-17(25(28,29)30)11-21(22)33(35)36/h3-11H,1-2H3,(H,32,34)/b16-8+. The Kier molecular flexibility index (Phi) is 8.40. The molecule has 1 N–H and O–H groups in total. The lowest BCUT2D eigenvalue weighted by molar-refractivity contribution is -0.385.